The second-order valence-electron chi connectivity index (χ2n) is 6.46. The van der Waals surface area contributed by atoms with Crippen LogP contribution in [0.1, 0.15) is 68.9 Å². The van der Waals surface area contributed by atoms with E-state index in [9.17, 15) is 14.9 Å². The summed E-state index contributed by atoms with van der Waals surface area (Å²) in [6, 6.07) is 5.15. The van der Waals surface area contributed by atoms with Crippen LogP contribution in [0.15, 0.2) is 18.2 Å². The molecule has 6 heteroatoms. The Kier molecular flexibility index (Phi) is 5.63. The summed E-state index contributed by atoms with van der Waals surface area (Å²) in [6.07, 6.45) is 5.53. The van der Waals surface area contributed by atoms with Crippen molar-refractivity contribution < 1.29 is 14.8 Å². The lowest BCUT2D eigenvalue weighted by Gasteiger charge is -2.25. The molecule has 5 nitrogen and oxygen atoms in total. The maximum atomic E-state index is 11.5. The number of alkyl halides is 1. The molecule has 1 fully saturated rings. The lowest BCUT2D eigenvalue weighted by atomic mass is 9.82. The van der Waals surface area contributed by atoms with E-state index in [1.165, 1.54) is 12.5 Å². The van der Waals surface area contributed by atoms with Gasteiger partial charge in [0.1, 0.15) is 0 Å². The molecule has 1 saturated carbocycles. The van der Waals surface area contributed by atoms with E-state index < -0.39 is 10.8 Å². The van der Waals surface area contributed by atoms with Gasteiger partial charge < -0.3 is 5.11 Å². The molecule has 1 atom stereocenters. The van der Waals surface area contributed by atoms with Crippen LogP contribution in [-0.2, 0) is 9.67 Å². The fourth-order valence-electron chi connectivity index (χ4n) is 3.27. The number of halogens is 1. The van der Waals surface area contributed by atoms with Crippen LogP contribution in [0.3, 0.4) is 0 Å². The monoisotopic (exact) mass is 339 g/mol. The van der Waals surface area contributed by atoms with Crippen molar-refractivity contribution in [3.05, 3.63) is 39.4 Å². The predicted octanol–water partition coefficient (Wildman–Crippen LogP) is 4.96. The minimum absolute atomic E-state index is 0.0713. The summed E-state index contributed by atoms with van der Waals surface area (Å²) in [5.74, 6) is -0.691. The van der Waals surface area contributed by atoms with E-state index in [4.69, 9.17) is 16.7 Å². The maximum Gasteiger partial charge on any atom is 0.303 e. The largest absolute Gasteiger partial charge is 0.481 e. The molecule has 0 aliphatic heterocycles. The SMILES string of the molecule is CC(Cl)(CCC(=O)O)c1ccc(C2CCCCC2)c([N+](=O)[O-])c1. The summed E-state index contributed by atoms with van der Waals surface area (Å²) < 4.78 is 0. The highest BCUT2D eigenvalue weighted by Gasteiger charge is 2.30. The number of nitro groups is 1. The van der Waals surface area contributed by atoms with Gasteiger partial charge in [0.2, 0.25) is 0 Å². The average Bonchev–Trinajstić information content (AvgIpc) is 2.53. The number of aliphatic carboxylic acids is 1. The van der Waals surface area contributed by atoms with Crippen LogP contribution in [0.4, 0.5) is 5.69 Å². The molecule has 0 radical (unpaired) electrons. The first-order valence-electron chi connectivity index (χ1n) is 8.01. The maximum absolute atomic E-state index is 11.5. The van der Waals surface area contributed by atoms with Crippen molar-refractivity contribution in [3.8, 4) is 0 Å². The van der Waals surface area contributed by atoms with Crippen LogP contribution in [0.2, 0.25) is 0 Å². The molecule has 23 heavy (non-hydrogen) atoms. The van der Waals surface area contributed by atoms with E-state index in [-0.39, 0.29) is 29.4 Å². The predicted molar refractivity (Wildman–Crippen MR) is 89.0 cm³/mol. The molecule has 0 bridgehead atoms. The molecule has 0 spiro atoms. The van der Waals surface area contributed by atoms with E-state index >= 15 is 0 Å². The summed E-state index contributed by atoms with van der Waals surface area (Å²) in [6.45, 7) is 1.71. The highest BCUT2D eigenvalue weighted by atomic mass is 35.5. The molecule has 1 aromatic carbocycles. The van der Waals surface area contributed by atoms with Crippen molar-refractivity contribution in [3.63, 3.8) is 0 Å². The van der Waals surface area contributed by atoms with Crippen LogP contribution in [0.5, 0.6) is 0 Å². The smallest absolute Gasteiger partial charge is 0.303 e. The molecule has 0 saturated heterocycles. The Morgan fingerprint density at radius 3 is 2.61 bits per heavy atom. The van der Waals surface area contributed by atoms with Gasteiger partial charge in [-0.1, -0.05) is 31.4 Å². The fourth-order valence-corrected chi connectivity index (χ4v) is 3.48. The first kappa shape index (κ1) is 17.7. The van der Waals surface area contributed by atoms with Crippen LogP contribution in [0, 0.1) is 10.1 Å². The number of hydrogen-bond donors (Lipinski definition) is 1. The number of nitro benzene ring substituents is 1. The van der Waals surface area contributed by atoms with E-state index in [1.807, 2.05) is 12.1 Å². The number of carboxylic acids is 1. The Bertz CT molecular complexity index is 594. The minimum atomic E-state index is -0.926. The van der Waals surface area contributed by atoms with Crippen molar-refractivity contribution in [2.45, 2.75) is 62.7 Å². The van der Waals surface area contributed by atoms with Gasteiger partial charge in [-0.25, -0.2) is 0 Å². The third kappa shape index (κ3) is 4.44. The Balaban J connectivity index is 2.31. The summed E-state index contributed by atoms with van der Waals surface area (Å²) in [4.78, 5) is 21.0. The number of rotatable bonds is 6. The Labute approximate surface area is 140 Å². The van der Waals surface area contributed by atoms with Crippen molar-refractivity contribution in [1.82, 2.24) is 0 Å². The lowest BCUT2D eigenvalue weighted by molar-refractivity contribution is -0.385. The van der Waals surface area contributed by atoms with Crippen molar-refractivity contribution in [1.29, 1.82) is 0 Å². The van der Waals surface area contributed by atoms with Gasteiger partial charge in [0, 0.05) is 18.1 Å². The zero-order valence-corrected chi connectivity index (χ0v) is 14.0. The van der Waals surface area contributed by atoms with Gasteiger partial charge in [-0.15, -0.1) is 11.6 Å². The first-order valence-corrected chi connectivity index (χ1v) is 8.38. The number of nitrogens with zero attached hydrogens (tertiary/aromatic N) is 1. The second kappa shape index (κ2) is 7.30. The van der Waals surface area contributed by atoms with Gasteiger partial charge in [-0.3, -0.25) is 14.9 Å². The van der Waals surface area contributed by atoms with Crippen LogP contribution >= 0.6 is 11.6 Å². The molecule has 1 aliphatic rings. The van der Waals surface area contributed by atoms with Gasteiger partial charge in [0.25, 0.3) is 5.69 Å². The van der Waals surface area contributed by atoms with Crippen LogP contribution in [-0.4, -0.2) is 16.0 Å². The highest BCUT2D eigenvalue weighted by Crippen LogP contribution is 2.41. The van der Waals surface area contributed by atoms with Gasteiger partial charge in [-0.05, 0) is 37.7 Å². The number of hydrogen-bond acceptors (Lipinski definition) is 3. The Hall–Kier alpha value is -1.62. The molecule has 1 aliphatic carbocycles. The topological polar surface area (TPSA) is 80.4 Å². The number of carboxylic acid groups (broad SMARTS) is 1. The number of carbonyl (C=O) groups is 1. The van der Waals surface area contributed by atoms with Crippen molar-refractivity contribution >= 4 is 23.3 Å². The highest BCUT2D eigenvalue weighted by molar-refractivity contribution is 6.23. The summed E-state index contributed by atoms with van der Waals surface area (Å²) in [7, 11) is 0. The van der Waals surface area contributed by atoms with Gasteiger partial charge in [0.05, 0.1) is 9.80 Å². The lowest BCUT2D eigenvalue weighted by Crippen LogP contribution is -2.17. The summed E-state index contributed by atoms with van der Waals surface area (Å²) in [5, 5.41) is 20.3. The van der Waals surface area contributed by atoms with E-state index in [1.54, 1.807) is 6.92 Å². The second-order valence-corrected chi connectivity index (χ2v) is 7.29. The van der Waals surface area contributed by atoms with E-state index in [0.717, 1.165) is 31.2 Å². The molecular formula is C17H22ClNO4. The Morgan fingerprint density at radius 2 is 2.04 bits per heavy atom. The van der Waals surface area contributed by atoms with Crippen molar-refractivity contribution in [2.24, 2.45) is 0 Å². The van der Waals surface area contributed by atoms with Gasteiger partial charge >= 0.3 is 5.97 Å². The third-order valence-corrected chi connectivity index (χ3v) is 5.09. The van der Waals surface area contributed by atoms with Crippen LogP contribution in [0.25, 0.3) is 0 Å². The van der Waals surface area contributed by atoms with Gasteiger partial charge in [0.15, 0.2) is 0 Å². The molecule has 1 unspecified atom stereocenters. The average molecular weight is 340 g/mol. The van der Waals surface area contributed by atoms with Crippen molar-refractivity contribution in [2.75, 3.05) is 0 Å². The first-order chi connectivity index (χ1) is 10.8. The zero-order chi connectivity index (χ0) is 17.0. The van der Waals surface area contributed by atoms with E-state index in [2.05, 4.69) is 0 Å². The zero-order valence-electron chi connectivity index (χ0n) is 13.3. The van der Waals surface area contributed by atoms with E-state index in [0.29, 0.717) is 5.56 Å². The molecular weight excluding hydrogens is 318 g/mol. The molecule has 1 N–H and O–H groups in total. The summed E-state index contributed by atoms with van der Waals surface area (Å²) >= 11 is 6.43. The van der Waals surface area contributed by atoms with Gasteiger partial charge in [-0.2, -0.15) is 0 Å². The summed E-state index contributed by atoms with van der Waals surface area (Å²) in [5.41, 5.74) is 1.49. The Morgan fingerprint density at radius 1 is 1.39 bits per heavy atom. The molecule has 0 aromatic heterocycles. The molecule has 0 amide bonds. The van der Waals surface area contributed by atoms with Crippen LogP contribution < -0.4 is 0 Å². The molecule has 0 heterocycles. The minimum Gasteiger partial charge on any atom is -0.481 e. The quantitative estimate of drug-likeness (QED) is 0.451. The number of benzene rings is 1. The standard InChI is InChI=1S/C17H22ClNO4/c1-17(18,10-9-16(20)21)13-7-8-14(15(11-13)19(22)23)12-5-3-2-4-6-12/h7-8,11-12H,2-6,9-10H2,1H3,(H,20,21). The molecule has 2 rings (SSSR count). The fraction of sp³-hybridized carbons (Fsp3) is 0.588. The normalized spacial score (nSPS) is 18.3. The molecule has 126 valence electrons. The third-order valence-electron chi connectivity index (χ3n) is 4.68. The molecule has 1 aromatic rings.